The van der Waals surface area contributed by atoms with E-state index in [0.717, 1.165) is 58.7 Å². The van der Waals surface area contributed by atoms with Crippen molar-refractivity contribution in [1.29, 1.82) is 0 Å². The number of carbonyl (C=O) groups is 2. The third-order valence-electron chi connectivity index (χ3n) is 6.09. The molecule has 174 valence electrons. The lowest BCUT2D eigenvalue weighted by Crippen LogP contribution is -2.29. The number of halogens is 1. The number of benzene rings is 2. The summed E-state index contributed by atoms with van der Waals surface area (Å²) in [5, 5.41) is 7.44. The summed E-state index contributed by atoms with van der Waals surface area (Å²) in [4.78, 5) is 34.6. The van der Waals surface area contributed by atoms with E-state index in [4.69, 9.17) is 16.6 Å². The number of amides is 2. The fourth-order valence-electron chi connectivity index (χ4n) is 4.53. The number of hydrogen-bond donors (Lipinski definition) is 3. The van der Waals surface area contributed by atoms with Gasteiger partial charge in [0, 0.05) is 16.8 Å². The Balaban J connectivity index is 1.45. The van der Waals surface area contributed by atoms with Gasteiger partial charge in [-0.15, -0.1) is 11.3 Å². The van der Waals surface area contributed by atoms with Crippen LogP contribution in [0.2, 0.25) is 5.02 Å². The second-order valence-corrected chi connectivity index (χ2v) is 10.1. The van der Waals surface area contributed by atoms with Crippen LogP contribution < -0.4 is 10.6 Å². The lowest BCUT2D eigenvalue weighted by Gasteiger charge is -2.18. The van der Waals surface area contributed by atoms with E-state index in [1.54, 1.807) is 23.5 Å². The zero-order valence-electron chi connectivity index (χ0n) is 18.8. The van der Waals surface area contributed by atoms with Crippen LogP contribution in [-0.4, -0.2) is 21.8 Å². The minimum atomic E-state index is -0.445. The highest BCUT2D eigenvalue weighted by Crippen LogP contribution is 2.44. The minimum absolute atomic E-state index is 0.114. The molecule has 1 unspecified atom stereocenters. The van der Waals surface area contributed by atoms with Crippen LogP contribution in [0.3, 0.4) is 0 Å². The van der Waals surface area contributed by atoms with Gasteiger partial charge in [-0.2, -0.15) is 0 Å². The lowest BCUT2D eigenvalue weighted by molar-refractivity contribution is -0.120. The monoisotopic (exact) mass is 492 g/mol. The Labute approximate surface area is 206 Å². The van der Waals surface area contributed by atoms with Crippen molar-refractivity contribution in [2.45, 2.75) is 45.1 Å². The van der Waals surface area contributed by atoms with Crippen LogP contribution in [0.25, 0.3) is 22.4 Å². The van der Waals surface area contributed by atoms with Crippen LogP contribution in [0.15, 0.2) is 48.5 Å². The molecule has 0 saturated carbocycles. The first-order valence-corrected chi connectivity index (χ1v) is 12.6. The molecule has 2 amide bonds. The summed E-state index contributed by atoms with van der Waals surface area (Å²) in [5.41, 5.74) is 4.98. The highest BCUT2D eigenvalue weighted by molar-refractivity contribution is 7.17. The molecule has 0 aliphatic heterocycles. The summed E-state index contributed by atoms with van der Waals surface area (Å²) in [6, 6.07) is 14.7. The first kappa shape index (κ1) is 22.6. The quantitative estimate of drug-likeness (QED) is 0.307. The molecular weight excluding hydrogens is 468 g/mol. The van der Waals surface area contributed by atoms with Crippen molar-refractivity contribution in [3.05, 3.63) is 69.6 Å². The maximum atomic E-state index is 13.2. The SMILES string of the molecule is CC(=O)NC(CC(=O)Nc1sc2c(c1-c1nc3ccccc3[nH]1)CCCC2)c1ccc(Cl)cc1. The number of aryl methyl sites for hydroxylation is 1. The number of nitrogens with zero attached hydrogens (tertiary/aromatic N) is 1. The zero-order valence-corrected chi connectivity index (χ0v) is 20.4. The smallest absolute Gasteiger partial charge is 0.227 e. The first-order valence-electron chi connectivity index (χ1n) is 11.4. The number of thiophene rings is 1. The largest absolute Gasteiger partial charge is 0.349 e. The van der Waals surface area contributed by atoms with Gasteiger partial charge in [0.15, 0.2) is 0 Å². The average Bonchev–Trinajstić information content (AvgIpc) is 3.39. The molecule has 3 N–H and O–H groups in total. The Kier molecular flexibility index (Phi) is 6.39. The molecule has 2 aromatic heterocycles. The Hall–Kier alpha value is -3.16. The van der Waals surface area contributed by atoms with Crippen molar-refractivity contribution >= 4 is 50.8 Å². The Morgan fingerprint density at radius 1 is 1.12 bits per heavy atom. The maximum Gasteiger partial charge on any atom is 0.227 e. The standard InChI is InChI=1S/C26H25ClN4O2S/c1-15(32)28-21(16-10-12-17(27)13-11-16)14-23(33)31-26-24(18-6-2-5-9-22(18)34-26)25-29-19-7-3-4-8-20(19)30-25/h3-4,7-8,10-13,21H,2,5-6,9,14H2,1H3,(H,28,32)(H,29,30)(H,31,33). The second kappa shape index (κ2) is 9.60. The molecule has 5 rings (SSSR count). The molecule has 1 atom stereocenters. The van der Waals surface area contributed by atoms with E-state index in [1.165, 1.54) is 17.4 Å². The number of H-pyrrole nitrogens is 1. The van der Waals surface area contributed by atoms with E-state index in [9.17, 15) is 9.59 Å². The third-order valence-corrected chi connectivity index (χ3v) is 7.55. The third kappa shape index (κ3) is 4.72. The number of aromatic nitrogens is 2. The van der Waals surface area contributed by atoms with Crippen molar-refractivity contribution in [1.82, 2.24) is 15.3 Å². The summed E-state index contributed by atoms with van der Waals surface area (Å²) in [7, 11) is 0. The lowest BCUT2D eigenvalue weighted by atomic mass is 9.95. The summed E-state index contributed by atoms with van der Waals surface area (Å²) in [5.74, 6) is 0.430. The second-order valence-electron chi connectivity index (χ2n) is 8.57. The highest BCUT2D eigenvalue weighted by Gasteiger charge is 2.26. The van der Waals surface area contributed by atoms with Gasteiger partial charge in [-0.05, 0) is 61.1 Å². The van der Waals surface area contributed by atoms with E-state index in [1.807, 2.05) is 36.4 Å². The molecule has 1 aliphatic carbocycles. The predicted octanol–water partition coefficient (Wildman–Crippen LogP) is 6.03. The van der Waals surface area contributed by atoms with Crippen LogP contribution in [0.4, 0.5) is 5.00 Å². The molecule has 6 nitrogen and oxygen atoms in total. The Bertz CT molecular complexity index is 1330. The minimum Gasteiger partial charge on any atom is -0.349 e. The van der Waals surface area contributed by atoms with Crippen LogP contribution in [0.1, 0.15) is 48.2 Å². The molecule has 4 aromatic rings. The van der Waals surface area contributed by atoms with Crippen LogP contribution in [0, 0.1) is 0 Å². The van der Waals surface area contributed by atoms with Crippen molar-refractivity contribution in [2.24, 2.45) is 0 Å². The normalized spacial score (nSPS) is 13.9. The molecule has 0 spiro atoms. The fraction of sp³-hybridized carbons (Fsp3) is 0.269. The molecule has 0 fully saturated rings. The zero-order chi connectivity index (χ0) is 23.7. The van der Waals surface area contributed by atoms with Gasteiger partial charge in [0.05, 0.1) is 29.1 Å². The summed E-state index contributed by atoms with van der Waals surface area (Å²) in [6.07, 6.45) is 4.40. The van der Waals surface area contributed by atoms with E-state index in [-0.39, 0.29) is 18.2 Å². The van der Waals surface area contributed by atoms with Gasteiger partial charge in [0.2, 0.25) is 11.8 Å². The maximum absolute atomic E-state index is 13.2. The average molecular weight is 493 g/mol. The molecule has 0 radical (unpaired) electrons. The number of anilines is 1. The number of hydrogen-bond acceptors (Lipinski definition) is 4. The highest BCUT2D eigenvalue weighted by atomic mass is 35.5. The summed E-state index contributed by atoms with van der Waals surface area (Å²) < 4.78 is 0. The Morgan fingerprint density at radius 3 is 2.65 bits per heavy atom. The van der Waals surface area contributed by atoms with Gasteiger partial charge < -0.3 is 15.6 Å². The molecular formula is C26H25ClN4O2S. The van der Waals surface area contributed by atoms with Crippen molar-refractivity contribution in [3.63, 3.8) is 0 Å². The van der Waals surface area contributed by atoms with Crippen molar-refractivity contribution in [3.8, 4) is 11.4 Å². The topological polar surface area (TPSA) is 86.9 Å². The number of fused-ring (bicyclic) bond motifs is 2. The summed E-state index contributed by atoms with van der Waals surface area (Å²) in [6.45, 7) is 1.45. The van der Waals surface area contributed by atoms with E-state index in [2.05, 4.69) is 15.6 Å². The van der Waals surface area contributed by atoms with Crippen LogP contribution in [0.5, 0.6) is 0 Å². The first-order chi connectivity index (χ1) is 16.5. The number of carbonyl (C=O) groups excluding carboxylic acids is 2. The van der Waals surface area contributed by atoms with E-state index in [0.29, 0.717) is 5.02 Å². The van der Waals surface area contributed by atoms with Gasteiger partial charge in [0.1, 0.15) is 10.8 Å². The molecule has 0 bridgehead atoms. The number of imidazole rings is 1. The molecule has 2 aromatic carbocycles. The molecule has 1 aliphatic rings. The van der Waals surface area contributed by atoms with Gasteiger partial charge >= 0.3 is 0 Å². The van der Waals surface area contributed by atoms with Gasteiger partial charge in [-0.1, -0.05) is 35.9 Å². The number of rotatable bonds is 6. The van der Waals surface area contributed by atoms with Crippen LogP contribution in [-0.2, 0) is 22.4 Å². The molecule has 34 heavy (non-hydrogen) atoms. The van der Waals surface area contributed by atoms with Crippen molar-refractivity contribution in [2.75, 3.05) is 5.32 Å². The molecule has 0 saturated heterocycles. The number of aromatic amines is 1. The van der Waals surface area contributed by atoms with E-state index < -0.39 is 6.04 Å². The summed E-state index contributed by atoms with van der Waals surface area (Å²) >= 11 is 7.65. The molecule has 8 heteroatoms. The Morgan fingerprint density at radius 2 is 1.88 bits per heavy atom. The fourth-order valence-corrected chi connectivity index (χ4v) is 5.96. The van der Waals surface area contributed by atoms with Crippen molar-refractivity contribution < 1.29 is 9.59 Å². The predicted molar refractivity (Wildman–Crippen MR) is 137 cm³/mol. The number of nitrogens with one attached hydrogen (secondary N) is 3. The molecule has 2 heterocycles. The van der Waals surface area contributed by atoms with Gasteiger partial charge in [-0.25, -0.2) is 4.98 Å². The van der Waals surface area contributed by atoms with Crippen LogP contribution >= 0.6 is 22.9 Å². The number of para-hydroxylation sites is 2. The van der Waals surface area contributed by atoms with Gasteiger partial charge in [0.25, 0.3) is 0 Å². The van der Waals surface area contributed by atoms with E-state index >= 15 is 0 Å². The van der Waals surface area contributed by atoms with Gasteiger partial charge in [-0.3, -0.25) is 9.59 Å².